The Hall–Kier alpha value is -3.99. The van der Waals surface area contributed by atoms with E-state index in [0.717, 1.165) is 11.5 Å². The highest BCUT2D eigenvalue weighted by Gasteiger charge is 2.19. The van der Waals surface area contributed by atoms with E-state index in [1.807, 2.05) is 34.9 Å². The molecule has 0 fully saturated rings. The molecule has 1 atom stereocenters. The van der Waals surface area contributed by atoms with Crippen LogP contribution in [0.25, 0.3) is 0 Å². The summed E-state index contributed by atoms with van der Waals surface area (Å²) in [6.07, 6.45) is 3.17. The molecule has 0 radical (unpaired) electrons. The van der Waals surface area contributed by atoms with Crippen LogP contribution in [0.15, 0.2) is 77.5 Å². The number of thioether (sulfide) groups is 1. The molecule has 0 bridgehead atoms. The summed E-state index contributed by atoms with van der Waals surface area (Å²) in [7, 11) is 0. The number of carbonyl (C=O) groups excluding carboxylic acids is 1. The molecule has 0 aliphatic heterocycles. The van der Waals surface area contributed by atoms with Gasteiger partial charge in [0.05, 0.1) is 22.9 Å². The number of nitro benzene ring substituents is 1. The number of nitrogens with zero attached hydrogens (tertiary/aromatic N) is 5. The number of hydrogen-bond donors (Lipinski definition) is 2. The summed E-state index contributed by atoms with van der Waals surface area (Å²) in [5.41, 5.74) is 4.07. The van der Waals surface area contributed by atoms with Gasteiger partial charge >= 0.3 is 0 Å². The molecule has 0 aliphatic rings. The number of rotatable bonds is 11. The van der Waals surface area contributed by atoms with Crippen LogP contribution in [0.4, 0.5) is 11.4 Å². The summed E-state index contributed by atoms with van der Waals surface area (Å²) in [6.45, 7) is 6.52. The van der Waals surface area contributed by atoms with E-state index in [4.69, 9.17) is 0 Å². The van der Waals surface area contributed by atoms with E-state index >= 15 is 0 Å². The van der Waals surface area contributed by atoms with Crippen molar-refractivity contribution in [3.8, 4) is 0 Å². The number of nitrogens with one attached hydrogen (secondary N) is 2. The third-order valence-corrected chi connectivity index (χ3v) is 5.55. The third-order valence-electron chi connectivity index (χ3n) is 4.47. The van der Waals surface area contributed by atoms with Crippen LogP contribution < -0.4 is 10.7 Å². The SMILES string of the molecule is C=CCn1c(CNc2ccccc2)nnc1S[C@@H](C)C(=O)N/N=C\c1ccc([N+](=O)[O-])cc1. The molecule has 1 aromatic heterocycles. The van der Waals surface area contributed by atoms with Crippen LogP contribution in [0.5, 0.6) is 0 Å². The van der Waals surface area contributed by atoms with Gasteiger partial charge in [-0.3, -0.25) is 14.9 Å². The summed E-state index contributed by atoms with van der Waals surface area (Å²) in [4.78, 5) is 22.7. The predicted molar refractivity (Wildman–Crippen MR) is 128 cm³/mol. The van der Waals surface area contributed by atoms with Crippen LogP contribution >= 0.6 is 11.8 Å². The van der Waals surface area contributed by atoms with Crippen LogP contribution in [-0.4, -0.2) is 37.1 Å². The normalized spacial score (nSPS) is 11.8. The van der Waals surface area contributed by atoms with E-state index in [0.29, 0.717) is 23.8 Å². The molecule has 1 amide bonds. The Balaban J connectivity index is 1.58. The Labute approximate surface area is 195 Å². The van der Waals surface area contributed by atoms with E-state index in [9.17, 15) is 14.9 Å². The Bertz CT molecular complexity index is 1130. The van der Waals surface area contributed by atoms with E-state index in [2.05, 4.69) is 32.6 Å². The van der Waals surface area contributed by atoms with Gasteiger partial charge in [-0.2, -0.15) is 5.10 Å². The lowest BCUT2D eigenvalue weighted by atomic mass is 10.2. The van der Waals surface area contributed by atoms with Gasteiger partial charge in [0, 0.05) is 24.4 Å². The molecule has 11 heteroatoms. The van der Waals surface area contributed by atoms with Crippen LogP contribution in [-0.2, 0) is 17.9 Å². The molecule has 170 valence electrons. The second-order valence-electron chi connectivity index (χ2n) is 6.86. The molecule has 3 rings (SSSR count). The van der Waals surface area contributed by atoms with Crippen LogP contribution in [0.3, 0.4) is 0 Å². The Morgan fingerprint density at radius 2 is 1.97 bits per heavy atom. The smallest absolute Gasteiger partial charge is 0.269 e. The Morgan fingerprint density at radius 3 is 2.64 bits per heavy atom. The van der Waals surface area contributed by atoms with Crippen molar-refractivity contribution < 1.29 is 9.72 Å². The van der Waals surface area contributed by atoms with Gasteiger partial charge in [0.25, 0.3) is 11.6 Å². The van der Waals surface area contributed by atoms with Gasteiger partial charge in [-0.25, -0.2) is 5.43 Å². The quantitative estimate of drug-likeness (QED) is 0.146. The minimum Gasteiger partial charge on any atom is -0.378 e. The highest BCUT2D eigenvalue weighted by molar-refractivity contribution is 8.00. The van der Waals surface area contributed by atoms with Gasteiger partial charge in [-0.1, -0.05) is 36.0 Å². The van der Waals surface area contributed by atoms with Gasteiger partial charge < -0.3 is 9.88 Å². The van der Waals surface area contributed by atoms with Gasteiger partial charge in [0.15, 0.2) is 11.0 Å². The van der Waals surface area contributed by atoms with E-state index < -0.39 is 10.2 Å². The van der Waals surface area contributed by atoms with Gasteiger partial charge in [-0.15, -0.1) is 16.8 Å². The molecule has 33 heavy (non-hydrogen) atoms. The first-order valence-corrected chi connectivity index (χ1v) is 10.9. The molecule has 0 saturated carbocycles. The number of allylic oxidation sites excluding steroid dienone is 1. The molecule has 0 aliphatic carbocycles. The number of hydrogen-bond acceptors (Lipinski definition) is 8. The molecular formula is C22H23N7O3S. The average Bonchev–Trinajstić information content (AvgIpc) is 3.20. The van der Waals surface area contributed by atoms with Gasteiger partial charge in [-0.05, 0) is 36.8 Å². The first-order chi connectivity index (χ1) is 16.0. The monoisotopic (exact) mass is 465 g/mol. The molecule has 10 nitrogen and oxygen atoms in total. The topological polar surface area (TPSA) is 127 Å². The van der Waals surface area contributed by atoms with Crippen LogP contribution in [0, 0.1) is 10.1 Å². The number of amides is 1. The lowest BCUT2D eigenvalue weighted by Gasteiger charge is -2.12. The summed E-state index contributed by atoms with van der Waals surface area (Å²) >= 11 is 1.27. The largest absolute Gasteiger partial charge is 0.378 e. The zero-order valence-electron chi connectivity index (χ0n) is 17.9. The van der Waals surface area contributed by atoms with Crippen molar-refractivity contribution >= 4 is 35.3 Å². The lowest BCUT2D eigenvalue weighted by molar-refractivity contribution is -0.384. The van der Waals surface area contributed by atoms with Crippen molar-refractivity contribution in [2.45, 2.75) is 30.4 Å². The zero-order valence-corrected chi connectivity index (χ0v) is 18.7. The van der Waals surface area contributed by atoms with E-state index in [-0.39, 0.29) is 11.6 Å². The number of nitro groups is 1. The van der Waals surface area contributed by atoms with E-state index in [1.165, 1.54) is 30.1 Å². The number of benzene rings is 2. The van der Waals surface area contributed by atoms with Crippen LogP contribution in [0.2, 0.25) is 0 Å². The summed E-state index contributed by atoms with van der Waals surface area (Å²) in [6, 6.07) is 15.6. The number of anilines is 1. The number of aromatic nitrogens is 3. The van der Waals surface area contributed by atoms with E-state index in [1.54, 1.807) is 25.1 Å². The van der Waals surface area contributed by atoms with Crippen molar-refractivity contribution in [1.29, 1.82) is 0 Å². The molecule has 3 aromatic rings. The number of carbonyl (C=O) groups is 1. The van der Waals surface area contributed by atoms with Crippen LogP contribution in [0.1, 0.15) is 18.3 Å². The molecule has 0 unspecified atom stereocenters. The molecule has 0 spiro atoms. The maximum Gasteiger partial charge on any atom is 0.269 e. The standard InChI is InChI=1S/C22H23N7O3S/c1-3-13-28-20(15-23-18-7-5-4-6-8-18)25-27-22(28)33-16(2)21(30)26-24-14-17-9-11-19(12-10-17)29(31)32/h3-12,14,16,23H,1,13,15H2,2H3,(H,26,30)/b24-14-/t16-/m0/s1. The van der Waals surface area contributed by atoms with Crippen molar-refractivity contribution in [2.75, 3.05) is 5.32 Å². The maximum atomic E-state index is 12.4. The molecule has 2 aromatic carbocycles. The first kappa shape index (κ1) is 23.7. The average molecular weight is 466 g/mol. The van der Waals surface area contributed by atoms with Crippen molar-refractivity contribution in [3.63, 3.8) is 0 Å². The first-order valence-electron chi connectivity index (χ1n) is 10.0. The molecule has 0 saturated heterocycles. The van der Waals surface area contributed by atoms with Crippen molar-refractivity contribution in [3.05, 3.63) is 88.8 Å². The predicted octanol–water partition coefficient (Wildman–Crippen LogP) is 3.62. The molecular weight excluding hydrogens is 442 g/mol. The fraction of sp³-hybridized carbons (Fsp3) is 0.182. The molecule has 2 N–H and O–H groups in total. The second-order valence-corrected chi connectivity index (χ2v) is 8.17. The highest BCUT2D eigenvalue weighted by atomic mass is 32.2. The maximum absolute atomic E-state index is 12.4. The Kier molecular flexibility index (Phi) is 8.30. The minimum atomic E-state index is -0.485. The molecule has 1 heterocycles. The lowest BCUT2D eigenvalue weighted by Crippen LogP contribution is -2.27. The second kappa shape index (κ2) is 11.6. The highest BCUT2D eigenvalue weighted by Crippen LogP contribution is 2.23. The summed E-state index contributed by atoms with van der Waals surface area (Å²) in [5.74, 6) is 0.417. The summed E-state index contributed by atoms with van der Waals surface area (Å²) in [5, 5.41) is 26.5. The van der Waals surface area contributed by atoms with Gasteiger partial charge in [0.2, 0.25) is 0 Å². The fourth-order valence-electron chi connectivity index (χ4n) is 2.74. The Morgan fingerprint density at radius 1 is 1.24 bits per heavy atom. The fourth-order valence-corrected chi connectivity index (χ4v) is 3.61. The number of hydrazone groups is 1. The minimum absolute atomic E-state index is 0.0109. The number of non-ortho nitro benzene ring substituents is 1. The number of para-hydroxylation sites is 1. The summed E-state index contributed by atoms with van der Waals surface area (Å²) < 4.78 is 1.90. The zero-order chi connectivity index (χ0) is 23.6. The third kappa shape index (κ3) is 6.74. The van der Waals surface area contributed by atoms with Gasteiger partial charge in [0.1, 0.15) is 0 Å². The van der Waals surface area contributed by atoms with Crippen molar-refractivity contribution in [2.24, 2.45) is 5.10 Å². The van der Waals surface area contributed by atoms with Crippen molar-refractivity contribution in [1.82, 2.24) is 20.2 Å².